The molecule has 134 valence electrons. The van der Waals surface area contributed by atoms with Gasteiger partial charge >= 0.3 is 0 Å². The van der Waals surface area contributed by atoms with E-state index in [9.17, 15) is 13.2 Å². The maximum absolute atomic E-state index is 12.5. The van der Waals surface area contributed by atoms with E-state index in [1.165, 1.54) is 0 Å². The van der Waals surface area contributed by atoms with Crippen LogP contribution in [0.4, 0.5) is 0 Å². The molecule has 1 amide bonds. The molecule has 24 heavy (non-hydrogen) atoms. The highest BCUT2D eigenvalue weighted by Crippen LogP contribution is 2.17. The summed E-state index contributed by atoms with van der Waals surface area (Å²) in [6.07, 6.45) is 2.82. The van der Waals surface area contributed by atoms with Gasteiger partial charge in [0.15, 0.2) is 0 Å². The van der Waals surface area contributed by atoms with Crippen LogP contribution in [0.5, 0.6) is 5.75 Å². The predicted octanol–water partition coefficient (Wildman–Crippen LogP) is 2.02. The average molecular weight is 354 g/mol. The molecule has 1 aromatic carbocycles. The van der Waals surface area contributed by atoms with Crippen LogP contribution < -0.4 is 9.46 Å². The zero-order chi connectivity index (χ0) is 17.6. The molecule has 1 heterocycles. The number of amides is 1. The van der Waals surface area contributed by atoms with Crippen molar-refractivity contribution in [3.8, 4) is 5.75 Å². The fourth-order valence-corrected chi connectivity index (χ4v) is 4.29. The van der Waals surface area contributed by atoms with Crippen LogP contribution >= 0.6 is 0 Å². The summed E-state index contributed by atoms with van der Waals surface area (Å²) in [5, 5.41) is 0. The molecule has 0 unspecified atom stereocenters. The second-order valence-corrected chi connectivity index (χ2v) is 7.96. The third kappa shape index (κ3) is 5.21. The van der Waals surface area contributed by atoms with E-state index in [1.54, 1.807) is 36.3 Å². The molecule has 1 N–H and O–H groups in total. The fraction of sp³-hybridized carbons (Fsp3) is 0.588. The van der Waals surface area contributed by atoms with E-state index in [-0.39, 0.29) is 17.7 Å². The van der Waals surface area contributed by atoms with Gasteiger partial charge in [-0.2, -0.15) is 0 Å². The first kappa shape index (κ1) is 18.7. The van der Waals surface area contributed by atoms with E-state index in [4.69, 9.17) is 4.74 Å². The molecule has 1 fully saturated rings. The highest BCUT2D eigenvalue weighted by Gasteiger charge is 2.26. The Labute approximate surface area is 144 Å². The summed E-state index contributed by atoms with van der Waals surface area (Å²) < 4.78 is 31.8. The fourth-order valence-electron chi connectivity index (χ4n) is 2.76. The molecule has 7 heteroatoms. The molecule has 0 aliphatic carbocycles. The van der Waals surface area contributed by atoms with Gasteiger partial charge in [0.1, 0.15) is 5.75 Å². The Hall–Kier alpha value is -1.60. The molecule has 0 radical (unpaired) electrons. The summed E-state index contributed by atoms with van der Waals surface area (Å²) in [4.78, 5) is 14.3. The predicted molar refractivity (Wildman–Crippen MR) is 93.8 cm³/mol. The molecule has 1 aromatic rings. The van der Waals surface area contributed by atoms with Crippen LogP contribution in [0.3, 0.4) is 0 Å². The third-order valence-corrected chi connectivity index (χ3v) is 5.75. The second kappa shape index (κ2) is 8.48. The van der Waals surface area contributed by atoms with Gasteiger partial charge in [0.2, 0.25) is 10.0 Å². The highest BCUT2D eigenvalue weighted by molar-refractivity contribution is 7.89. The van der Waals surface area contributed by atoms with Gasteiger partial charge in [-0.05, 0) is 43.5 Å². The number of piperidine rings is 1. The van der Waals surface area contributed by atoms with E-state index in [0.717, 1.165) is 6.42 Å². The molecule has 0 aromatic heterocycles. The molecule has 6 nitrogen and oxygen atoms in total. The third-order valence-electron chi connectivity index (χ3n) is 4.23. The van der Waals surface area contributed by atoms with E-state index in [0.29, 0.717) is 43.7 Å². The lowest BCUT2D eigenvalue weighted by atomic mass is 10.0. The number of unbranched alkanes of at least 4 members (excludes halogenated alkanes) is 1. The van der Waals surface area contributed by atoms with Crippen molar-refractivity contribution >= 4 is 15.9 Å². The van der Waals surface area contributed by atoms with Crippen molar-refractivity contribution in [1.29, 1.82) is 0 Å². The van der Waals surface area contributed by atoms with E-state index >= 15 is 0 Å². The van der Waals surface area contributed by atoms with Crippen molar-refractivity contribution in [2.24, 2.45) is 0 Å². The van der Waals surface area contributed by atoms with Crippen LogP contribution in [0.1, 0.15) is 43.0 Å². The molecule has 0 atom stereocenters. The summed E-state index contributed by atoms with van der Waals surface area (Å²) in [6.45, 7) is 3.09. The van der Waals surface area contributed by atoms with Gasteiger partial charge in [0.25, 0.3) is 5.91 Å². The summed E-state index contributed by atoms with van der Waals surface area (Å²) in [7, 11) is -1.62. The number of carbonyl (C=O) groups excluding carboxylic acids is 1. The van der Waals surface area contributed by atoms with Crippen molar-refractivity contribution < 1.29 is 17.9 Å². The lowest BCUT2D eigenvalue weighted by molar-refractivity contribution is 0.0711. The minimum atomic E-state index is -3.21. The number of hydrogen-bond acceptors (Lipinski definition) is 4. The van der Waals surface area contributed by atoms with Crippen LogP contribution in [0.2, 0.25) is 0 Å². The highest BCUT2D eigenvalue weighted by atomic mass is 32.2. The lowest BCUT2D eigenvalue weighted by Crippen LogP contribution is -2.47. The van der Waals surface area contributed by atoms with Gasteiger partial charge in [-0.25, -0.2) is 13.1 Å². The molecule has 2 rings (SSSR count). The number of hydrogen-bond donors (Lipinski definition) is 1. The number of benzene rings is 1. The van der Waals surface area contributed by atoms with Gasteiger partial charge < -0.3 is 9.64 Å². The van der Waals surface area contributed by atoms with Crippen LogP contribution in [-0.2, 0) is 10.0 Å². The molecule has 1 aliphatic heterocycles. The molecular weight excluding hydrogens is 328 g/mol. The van der Waals surface area contributed by atoms with E-state index in [1.807, 2.05) is 6.92 Å². The van der Waals surface area contributed by atoms with Crippen molar-refractivity contribution in [3.63, 3.8) is 0 Å². The number of ether oxygens (including phenoxy) is 1. The Bertz CT molecular complexity index is 635. The van der Waals surface area contributed by atoms with Gasteiger partial charge in [-0.3, -0.25) is 4.79 Å². The number of likely N-dealkylation sites (tertiary alicyclic amines) is 1. The van der Waals surface area contributed by atoms with Crippen LogP contribution in [0.25, 0.3) is 0 Å². The Morgan fingerprint density at radius 1 is 1.25 bits per heavy atom. The van der Waals surface area contributed by atoms with Crippen LogP contribution in [0, 0.1) is 0 Å². The molecule has 0 bridgehead atoms. The van der Waals surface area contributed by atoms with Crippen molar-refractivity contribution in [1.82, 2.24) is 9.62 Å². The van der Waals surface area contributed by atoms with Crippen LogP contribution in [-0.4, -0.2) is 51.2 Å². The number of methoxy groups -OCH3 is 1. The van der Waals surface area contributed by atoms with Gasteiger partial charge in [0.05, 0.1) is 12.9 Å². The zero-order valence-corrected chi connectivity index (χ0v) is 15.1. The molecule has 0 saturated carbocycles. The number of sulfonamides is 1. The Morgan fingerprint density at radius 2 is 1.88 bits per heavy atom. The summed E-state index contributed by atoms with van der Waals surface area (Å²) in [6, 6.07) is 6.96. The number of rotatable bonds is 7. The Kier molecular flexibility index (Phi) is 6.62. The molecule has 1 saturated heterocycles. The first-order valence-electron chi connectivity index (χ1n) is 8.38. The number of nitrogens with one attached hydrogen (secondary N) is 1. The normalized spacial score (nSPS) is 16.2. The largest absolute Gasteiger partial charge is 0.497 e. The summed E-state index contributed by atoms with van der Waals surface area (Å²) in [5.74, 6) is 0.866. The van der Waals surface area contributed by atoms with Gasteiger partial charge in [0, 0.05) is 24.7 Å². The monoisotopic (exact) mass is 354 g/mol. The SMILES string of the molecule is CCCCS(=O)(=O)NC1CCN(C(=O)c2ccc(OC)cc2)CC1. The standard InChI is InChI=1S/C17H26N2O4S/c1-3-4-13-24(21,22)18-15-9-11-19(12-10-15)17(20)14-5-7-16(23-2)8-6-14/h5-8,15,18H,3-4,9-13H2,1-2H3. The minimum absolute atomic E-state index is 0.0232. The minimum Gasteiger partial charge on any atom is -0.497 e. The van der Waals surface area contributed by atoms with Crippen molar-refractivity contribution in [3.05, 3.63) is 29.8 Å². The lowest BCUT2D eigenvalue weighted by Gasteiger charge is -2.32. The first-order valence-corrected chi connectivity index (χ1v) is 10.0. The van der Waals surface area contributed by atoms with Gasteiger partial charge in [-0.15, -0.1) is 0 Å². The summed E-state index contributed by atoms with van der Waals surface area (Å²) in [5.41, 5.74) is 0.623. The van der Waals surface area contributed by atoms with Crippen molar-refractivity contribution in [2.75, 3.05) is 26.0 Å². The maximum Gasteiger partial charge on any atom is 0.253 e. The Morgan fingerprint density at radius 3 is 2.42 bits per heavy atom. The molecule has 1 aliphatic rings. The smallest absolute Gasteiger partial charge is 0.253 e. The first-order chi connectivity index (χ1) is 11.4. The van der Waals surface area contributed by atoms with E-state index < -0.39 is 10.0 Å². The van der Waals surface area contributed by atoms with Crippen molar-refractivity contribution in [2.45, 2.75) is 38.6 Å². The van der Waals surface area contributed by atoms with Gasteiger partial charge in [-0.1, -0.05) is 13.3 Å². The maximum atomic E-state index is 12.5. The zero-order valence-electron chi connectivity index (χ0n) is 14.3. The molecular formula is C17H26N2O4S. The van der Waals surface area contributed by atoms with E-state index in [2.05, 4.69) is 4.72 Å². The quantitative estimate of drug-likeness (QED) is 0.813. The number of nitrogens with zero attached hydrogens (tertiary/aromatic N) is 1. The van der Waals surface area contributed by atoms with Crippen LogP contribution in [0.15, 0.2) is 24.3 Å². The second-order valence-electron chi connectivity index (χ2n) is 6.09. The average Bonchev–Trinajstić information content (AvgIpc) is 2.60. The topological polar surface area (TPSA) is 75.7 Å². The molecule has 0 spiro atoms. The Balaban J connectivity index is 1.86. The number of carbonyl (C=O) groups is 1. The summed E-state index contributed by atoms with van der Waals surface area (Å²) >= 11 is 0.